The number of carbonyl (C=O) groups excluding carboxylic acids is 1. The Morgan fingerprint density at radius 2 is 2.06 bits per heavy atom. The zero-order valence-corrected chi connectivity index (χ0v) is 12.0. The summed E-state index contributed by atoms with van der Waals surface area (Å²) in [6, 6.07) is 6.22. The standard InChI is InChI=1S/C14H18N2OS/c1-8(2)12-13(17)16-14(18-12)15-11-7-9(3)5-6-10(11)4/h5-8,12H,1-4H3,(H,15,16,17). The highest BCUT2D eigenvalue weighted by Gasteiger charge is 2.31. The first kappa shape index (κ1) is 13.1. The van der Waals surface area contributed by atoms with Crippen molar-refractivity contribution in [2.45, 2.75) is 32.9 Å². The number of aliphatic imine (C=N–C) groups is 1. The molecule has 1 N–H and O–H groups in total. The molecule has 1 aliphatic rings. The fraction of sp³-hybridized carbons (Fsp3) is 0.429. The van der Waals surface area contributed by atoms with Gasteiger partial charge in [-0.2, -0.15) is 4.99 Å². The quantitative estimate of drug-likeness (QED) is 0.888. The Hall–Kier alpha value is -1.29. The Morgan fingerprint density at radius 3 is 2.67 bits per heavy atom. The molecule has 4 heteroatoms. The van der Waals surface area contributed by atoms with Crippen molar-refractivity contribution in [1.82, 2.24) is 0 Å². The summed E-state index contributed by atoms with van der Waals surface area (Å²) in [5, 5.41) is 3.93. The van der Waals surface area contributed by atoms with Crippen LogP contribution in [0.5, 0.6) is 0 Å². The van der Waals surface area contributed by atoms with Gasteiger partial charge in [-0.25, -0.2) is 0 Å². The van der Waals surface area contributed by atoms with Crippen molar-refractivity contribution < 1.29 is 4.79 Å². The molecule has 2 rings (SSSR count). The third-order valence-electron chi connectivity index (χ3n) is 2.93. The maximum absolute atomic E-state index is 11.7. The van der Waals surface area contributed by atoms with Crippen LogP contribution >= 0.6 is 11.8 Å². The summed E-state index contributed by atoms with van der Waals surface area (Å²) in [5.41, 5.74) is 3.38. The number of anilines is 1. The SMILES string of the molecule is Cc1ccc(C)c(NC2=NC(=O)C(C(C)C)S2)c1. The Kier molecular flexibility index (Phi) is 3.76. The molecule has 18 heavy (non-hydrogen) atoms. The summed E-state index contributed by atoms with van der Waals surface area (Å²) in [6.45, 7) is 8.19. The van der Waals surface area contributed by atoms with Gasteiger partial charge < -0.3 is 5.32 Å². The molecule has 1 unspecified atom stereocenters. The minimum atomic E-state index is -0.0439. The molecule has 0 saturated heterocycles. The van der Waals surface area contributed by atoms with E-state index in [2.05, 4.69) is 35.4 Å². The van der Waals surface area contributed by atoms with Crippen molar-refractivity contribution in [2.75, 3.05) is 5.32 Å². The predicted molar refractivity (Wildman–Crippen MR) is 78.2 cm³/mol. The first-order chi connectivity index (χ1) is 8.47. The highest BCUT2D eigenvalue weighted by molar-refractivity contribution is 8.15. The number of carbonyl (C=O) groups is 1. The molecule has 1 aromatic carbocycles. The van der Waals surface area contributed by atoms with E-state index in [0.717, 1.165) is 11.3 Å². The van der Waals surface area contributed by atoms with Gasteiger partial charge in [0, 0.05) is 5.69 Å². The number of hydrogen-bond donors (Lipinski definition) is 1. The summed E-state index contributed by atoms with van der Waals surface area (Å²) in [6.07, 6.45) is 0. The first-order valence-electron chi connectivity index (χ1n) is 6.11. The van der Waals surface area contributed by atoms with E-state index in [4.69, 9.17) is 0 Å². The average Bonchev–Trinajstić information content (AvgIpc) is 2.65. The van der Waals surface area contributed by atoms with Crippen molar-refractivity contribution in [2.24, 2.45) is 10.9 Å². The van der Waals surface area contributed by atoms with Crippen LogP contribution < -0.4 is 5.32 Å². The van der Waals surface area contributed by atoms with Crippen molar-refractivity contribution in [1.29, 1.82) is 0 Å². The van der Waals surface area contributed by atoms with E-state index in [0.29, 0.717) is 11.1 Å². The molecule has 1 heterocycles. The monoisotopic (exact) mass is 262 g/mol. The minimum absolute atomic E-state index is 0.0252. The lowest BCUT2D eigenvalue weighted by Gasteiger charge is -2.12. The number of nitrogens with one attached hydrogen (secondary N) is 1. The fourth-order valence-corrected chi connectivity index (χ4v) is 2.80. The first-order valence-corrected chi connectivity index (χ1v) is 6.99. The molecule has 1 amide bonds. The van der Waals surface area contributed by atoms with Gasteiger partial charge in [0.15, 0.2) is 5.17 Å². The molecule has 0 saturated carbocycles. The van der Waals surface area contributed by atoms with Gasteiger partial charge in [0.1, 0.15) is 0 Å². The number of nitrogens with zero attached hydrogens (tertiary/aromatic N) is 1. The van der Waals surface area contributed by atoms with Gasteiger partial charge in [-0.05, 0) is 37.0 Å². The number of aryl methyl sites for hydroxylation is 2. The third kappa shape index (κ3) is 2.75. The van der Waals surface area contributed by atoms with Crippen LogP contribution in [0.1, 0.15) is 25.0 Å². The lowest BCUT2D eigenvalue weighted by molar-refractivity contribution is -0.117. The number of rotatable bonds is 2. The number of amides is 1. The topological polar surface area (TPSA) is 41.5 Å². The van der Waals surface area contributed by atoms with Crippen LogP contribution in [0.3, 0.4) is 0 Å². The van der Waals surface area contributed by atoms with Crippen LogP contribution in [0, 0.1) is 19.8 Å². The molecule has 0 radical (unpaired) electrons. The smallest absolute Gasteiger partial charge is 0.261 e. The number of amidine groups is 1. The fourth-order valence-electron chi connectivity index (χ4n) is 1.83. The Balaban J connectivity index is 2.14. The van der Waals surface area contributed by atoms with Crippen LogP contribution in [0.15, 0.2) is 23.2 Å². The highest BCUT2D eigenvalue weighted by Crippen LogP contribution is 2.29. The number of thioether (sulfide) groups is 1. The summed E-state index contributed by atoms with van der Waals surface area (Å²) >= 11 is 1.53. The maximum Gasteiger partial charge on any atom is 0.261 e. The van der Waals surface area contributed by atoms with Gasteiger partial charge in [0.2, 0.25) is 0 Å². The van der Waals surface area contributed by atoms with Crippen LogP contribution in [0.25, 0.3) is 0 Å². The van der Waals surface area contributed by atoms with Gasteiger partial charge in [-0.15, -0.1) is 0 Å². The second kappa shape index (κ2) is 5.14. The van der Waals surface area contributed by atoms with Gasteiger partial charge in [0.25, 0.3) is 5.91 Å². The van der Waals surface area contributed by atoms with Crippen LogP contribution in [-0.4, -0.2) is 16.3 Å². The summed E-state index contributed by atoms with van der Waals surface area (Å²) < 4.78 is 0. The summed E-state index contributed by atoms with van der Waals surface area (Å²) in [4.78, 5) is 15.8. The van der Waals surface area contributed by atoms with Crippen molar-refractivity contribution in [3.05, 3.63) is 29.3 Å². The molecular weight excluding hydrogens is 244 g/mol. The molecule has 96 valence electrons. The third-order valence-corrected chi connectivity index (χ3v) is 4.35. The molecular formula is C14H18N2OS. The summed E-state index contributed by atoms with van der Waals surface area (Å²) in [5.74, 6) is 0.284. The van der Waals surface area contributed by atoms with E-state index in [-0.39, 0.29) is 11.2 Å². The zero-order valence-electron chi connectivity index (χ0n) is 11.2. The van der Waals surface area contributed by atoms with E-state index in [1.165, 1.54) is 17.3 Å². The summed E-state index contributed by atoms with van der Waals surface area (Å²) in [7, 11) is 0. The van der Waals surface area contributed by atoms with Gasteiger partial charge in [0.05, 0.1) is 5.25 Å². The van der Waals surface area contributed by atoms with E-state index in [1.54, 1.807) is 0 Å². The lowest BCUT2D eigenvalue weighted by Crippen LogP contribution is -2.17. The van der Waals surface area contributed by atoms with Gasteiger partial charge in [-0.1, -0.05) is 37.7 Å². The van der Waals surface area contributed by atoms with Crippen molar-refractivity contribution >= 4 is 28.5 Å². The molecule has 1 aromatic rings. The molecule has 1 atom stereocenters. The molecule has 0 aliphatic carbocycles. The van der Waals surface area contributed by atoms with Crippen LogP contribution in [-0.2, 0) is 4.79 Å². The van der Waals surface area contributed by atoms with E-state index in [9.17, 15) is 4.79 Å². The number of hydrogen-bond acceptors (Lipinski definition) is 3. The molecule has 0 fully saturated rings. The molecule has 0 spiro atoms. The zero-order chi connectivity index (χ0) is 13.3. The normalized spacial score (nSPS) is 19.3. The molecule has 3 nitrogen and oxygen atoms in total. The minimum Gasteiger partial charge on any atom is -0.334 e. The second-order valence-corrected chi connectivity index (χ2v) is 6.11. The predicted octanol–water partition coefficient (Wildman–Crippen LogP) is 3.37. The lowest BCUT2D eigenvalue weighted by atomic mass is 10.1. The Morgan fingerprint density at radius 1 is 1.33 bits per heavy atom. The van der Waals surface area contributed by atoms with E-state index >= 15 is 0 Å². The largest absolute Gasteiger partial charge is 0.334 e. The van der Waals surface area contributed by atoms with Crippen molar-refractivity contribution in [3.63, 3.8) is 0 Å². The Bertz CT molecular complexity index is 509. The van der Waals surface area contributed by atoms with Crippen molar-refractivity contribution in [3.8, 4) is 0 Å². The van der Waals surface area contributed by atoms with Gasteiger partial charge in [-0.3, -0.25) is 4.79 Å². The molecule has 0 bridgehead atoms. The van der Waals surface area contributed by atoms with Crippen LogP contribution in [0.2, 0.25) is 0 Å². The average molecular weight is 262 g/mol. The van der Waals surface area contributed by atoms with Crippen LogP contribution in [0.4, 0.5) is 5.69 Å². The molecule has 0 aromatic heterocycles. The van der Waals surface area contributed by atoms with E-state index < -0.39 is 0 Å². The highest BCUT2D eigenvalue weighted by atomic mass is 32.2. The molecule has 1 aliphatic heterocycles. The Labute approximate surface area is 112 Å². The number of benzene rings is 1. The van der Waals surface area contributed by atoms with E-state index in [1.807, 2.05) is 20.8 Å². The second-order valence-electron chi connectivity index (χ2n) is 4.98. The van der Waals surface area contributed by atoms with Gasteiger partial charge >= 0.3 is 0 Å². The maximum atomic E-state index is 11.7.